The fourth-order valence-electron chi connectivity index (χ4n) is 13.8. The van der Waals surface area contributed by atoms with Crippen LogP contribution in [0.1, 0.15) is 110 Å². The number of unbranched alkanes of at least 4 members (excludes halogenated alkanes) is 2. The zero-order valence-electron chi connectivity index (χ0n) is 44.0. The van der Waals surface area contributed by atoms with E-state index in [1.165, 1.54) is 178 Å². The van der Waals surface area contributed by atoms with Gasteiger partial charge in [-0.15, -0.1) is 22.7 Å². The van der Waals surface area contributed by atoms with Gasteiger partial charge in [0, 0.05) is 73.7 Å². The summed E-state index contributed by atoms with van der Waals surface area (Å²) >= 11 is 3.91. The molecule has 0 saturated heterocycles. The summed E-state index contributed by atoms with van der Waals surface area (Å²) in [5.74, 6) is 0. The molecule has 0 spiro atoms. The number of hydrogen-bond donors (Lipinski definition) is 0. The minimum Gasteiger partial charge on any atom is -0.376 e. The molecule has 0 atom stereocenters. The van der Waals surface area contributed by atoms with Gasteiger partial charge in [-0.3, -0.25) is 0 Å². The van der Waals surface area contributed by atoms with Crippen LogP contribution >= 0.6 is 22.7 Å². The van der Waals surface area contributed by atoms with Crippen molar-refractivity contribution in [3.05, 3.63) is 174 Å². The second-order valence-corrected chi connectivity index (χ2v) is 26.7. The van der Waals surface area contributed by atoms with E-state index in [9.17, 15) is 0 Å². The standard InChI is InChI=1S/C69H61BN2S2/c1-9-10-11-16-40-21-28-57-56(31-40)70-65-52(35-48(43-22-27-47-46-19-14-15-20-60(46)73-61(47)34-43)64-53-32-41-17-12-13-18-42(41)33-58(53)71(57)66(64)65)49-36-50-51-37-54-55(69(7,8)30-29-68(54,5)6)38-62(51)74-63(50)39-59(49)72(70)45-25-23-44(24-26-45)67(2,3)4/h12-15,17-28,31-39H,9-11,16,29-30H2,1-8H3. The summed E-state index contributed by atoms with van der Waals surface area (Å²) in [4.78, 5) is 2.76. The third-order valence-electron chi connectivity index (χ3n) is 18.0. The van der Waals surface area contributed by atoms with Gasteiger partial charge in [-0.2, -0.15) is 0 Å². The van der Waals surface area contributed by atoms with Gasteiger partial charge < -0.3 is 9.38 Å². The van der Waals surface area contributed by atoms with Crippen molar-refractivity contribution >= 4 is 125 Å². The second kappa shape index (κ2) is 15.7. The molecular formula is C69H61BN2S2. The number of anilines is 2. The third-order valence-corrected chi connectivity index (χ3v) is 20.2. The fraction of sp³-hybridized carbons (Fsp3) is 0.246. The normalized spacial score (nSPS) is 15.6. The smallest absolute Gasteiger partial charge is 0.333 e. The van der Waals surface area contributed by atoms with Crippen molar-refractivity contribution in [2.45, 2.75) is 110 Å². The maximum absolute atomic E-state index is 2.76. The summed E-state index contributed by atoms with van der Waals surface area (Å²) in [5.41, 5.74) is 20.6. The first-order chi connectivity index (χ1) is 35.7. The number of nitrogens with zero attached hydrogens (tertiary/aromatic N) is 2. The van der Waals surface area contributed by atoms with Gasteiger partial charge in [-0.05, 0) is 175 Å². The number of rotatable bonds is 6. The van der Waals surface area contributed by atoms with Gasteiger partial charge in [0.2, 0.25) is 0 Å². The van der Waals surface area contributed by atoms with Gasteiger partial charge in [0.15, 0.2) is 0 Å². The molecule has 2 nitrogen and oxygen atoms in total. The Labute approximate surface area is 443 Å². The lowest BCUT2D eigenvalue weighted by molar-refractivity contribution is 0.332. The SMILES string of the molecule is CCCCCc1ccc2c(c1)B1c3c(cc(-c4ccc5c(c4)sc4ccccc45)c4c5cc6ccccc6cc5n-2c34)-c2cc3c(cc2N1c1ccc(C(C)(C)C)cc1)sc1cc2c(cc13)C(C)(C)CCC2(C)C. The monoisotopic (exact) mass is 992 g/mol. The lowest BCUT2D eigenvalue weighted by Crippen LogP contribution is -2.60. The number of thiophene rings is 2. The van der Waals surface area contributed by atoms with Crippen LogP contribution in [0.4, 0.5) is 11.4 Å². The molecule has 0 bridgehead atoms. The summed E-state index contributed by atoms with van der Waals surface area (Å²) in [6, 6.07) is 60.5. The highest BCUT2D eigenvalue weighted by molar-refractivity contribution is 7.26. The summed E-state index contributed by atoms with van der Waals surface area (Å²) in [6.07, 6.45) is 7.13. The average molecular weight is 993 g/mol. The molecule has 362 valence electrons. The summed E-state index contributed by atoms with van der Waals surface area (Å²) in [5, 5.41) is 10.6. The maximum Gasteiger partial charge on any atom is 0.333 e. The van der Waals surface area contributed by atoms with E-state index >= 15 is 0 Å². The number of fused-ring (bicyclic) bond motifs is 16. The zero-order chi connectivity index (χ0) is 50.2. The summed E-state index contributed by atoms with van der Waals surface area (Å²) < 4.78 is 8.13. The van der Waals surface area contributed by atoms with E-state index in [4.69, 9.17) is 0 Å². The molecule has 2 aliphatic heterocycles. The Morgan fingerprint density at radius 1 is 0.554 bits per heavy atom. The number of aryl methyl sites for hydroxylation is 1. The first-order valence-electron chi connectivity index (χ1n) is 27.3. The predicted octanol–water partition coefficient (Wildman–Crippen LogP) is 19.0. The Morgan fingerprint density at radius 2 is 1.24 bits per heavy atom. The molecule has 9 aromatic carbocycles. The largest absolute Gasteiger partial charge is 0.376 e. The van der Waals surface area contributed by atoms with Crippen LogP contribution in [-0.2, 0) is 22.7 Å². The third kappa shape index (κ3) is 6.42. The van der Waals surface area contributed by atoms with E-state index in [0.29, 0.717) is 0 Å². The Balaban J connectivity index is 1.11. The molecule has 12 aromatic rings. The van der Waals surface area contributed by atoms with Crippen LogP contribution in [-0.4, -0.2) is 11.4 Å². The molecule has 0 unspecified atom stereocenters. The molecule has 0 amide bonds. The number of benzene rings is 9. The van der Waals surface area contributed by atoms with Crippen molar-refractivity contribution in [2.24, 2.45) is 0 Å². The highest BCUT2D eigenvalue weighted by atomic mass is 32.1. The maximum atomic E-state index is 2.76. The van der Waals surface area contributed by atoms with Gasteiger partial charge in [0.05, 0.1) is 11.0 Å². The number of hydrogen-bond acceptors (Lipinski definition) is 3. The Kier molecular flexibility index (Phi) is 9.50. The Bertz CT molecular complexity index is 4380. The van der Waals surface area contributed by atoms with Crippen molar-refractivity contribution in [3.63, 3.8) is 0 Å². The minimum absolute atomic E-state index is 0.0349. The molecular weight excluding hydrogens is 932 g/mol. The molecule has 5 heterocycles. The Morgan fingerprint density at radius 3 is 2.03 bits per heavy atom. The molecule has 0 fully saturated rings. The molecule has 1 aliphatic carbocycles. The van der Waals surface area contributed by atoms with Gasteiger partial charge in [0.25, 0.3) is 0 Å². The molecule has 3 aromatic heterocycles. The average Bonchev–Trinajstić information content (AvgIpc) is 4.06. The van der Waals surface area contributed by atoms with E-state index in [2.05, 4.69) is 216 Å². The van der Waals surface area contributed by atoms with E-state index in [0.717, 1.165) is 6.42 Å². The van der Waals surface area contributed by atoms with Crippen LogP contribution in [0.25, 0.3) is 101 Å². The van der Waals surface area contributed by atoms with Crippen molar-refractivity contribution in [3.8, 4) is 27.9 Å². The first-order valence-corrected chi connectivity index (χ1v) is 28.9. The summed E-state index contributed by atoms with van der Waals surface area (Å²) in [7, 11) is 0. The quantitative estimate of drug-likeness (QED) is 0.119. The van der Waals surface area contributed by atoms with Crippen LogP contribution in [0.5, 0.6) is 0 Å². The topological polar surface area (TPSA) is 8.17 Å². The molecule has 15 rings (SSSR count). The zero-order valence-corrected chi connectivity index (χ0v) is 45.6. The lowest BCUT2D eigenvalue weighted by atomic mass is 9.43. The molecule has 0 radical (unpaired) electrons. The van der Waals surface area contributed by atoms with Crippen molar-refractivity contribution in [1.82, 2.24) is 4.57 Å². The minimum atomic E-state index is -0.0623. The lowest BCUT2D eigenvalue weighted by Gasteiger charge is -2.42. The fourth-order valence-corrected chi connectivity index (χ4v) is 16.1. The van der Waals surface area contributed by atoms with Gasteiger partial charge >= 0.3 is 6.85 Å². The van der Waals surface area contributed by atoms with Gasteiger partial charge in [0.1, 0.15) is 0 Å². The van der Waals surface area contributed by atoms with E-state index in [1.54, 1.807) is 0 Å². The van der Waals surface area contributed by atoms with Gasteiger partial charge in [-0.25, -0.2) is 0 Å². The number of aromatic nitrogens is 1. The molecule has 5 heteroatoms. The second-order valence-electron chi connectivity index (χ2n) is 24.5. The van der Waals surface area contributed by atoms with E-state index in [1.807, 2.05) is 22.7 Å². The van der Waals surface area contributed by atoms with Crippen molar-refractivity contribution in [1.29, 1.82) is 0 Å². The van der Waals surface area contributed by atoms with Crippen LogP contribution in [0, 0.1) is 0 Å². The highest BCUT2D eigenvalue weighted by Gasteiger charge is 2.45. The molecule has 3 aliphatic rings. The van der Waals surface area contributed by atoms with Crippen molar-refractivity contribution in [2.75, 3.05) is 4.81 Å². The van der Waals surface area contributed by atoms with Crippen molar-refractivity contribution < 1.29 is 0 Å². The Hall–Kier alpha value is -6.66. The molecule has 0 saturated carbocycles. The highest BCUT2D eigenvalue weighted by Crippen LogP contribution is 2.54. The first kappa shape index (κ1) is 44.8. The van der Waals surface area contributed by atoms with E-state index in [-0.39, 0.29) is 23.1 Å². The molecule has 0 N–H and O–H groups in total. The van der Waals surface area contributed by atoms with Crippen LogP contribution in [0.2, 0.25) is 0 Å². The van der Waals surface area contributed by atoms with Gasteiger partial charge in [-0.1, -0.05) is 147 Å². The molecule has 74 heavy (non-hydrogen) atoms. The van der Waals surface area contributed by atoms with Crippen LogP contribution in [0.15, 0.2) is 152 Å². The van der Waals surface area contributed by atoms with Crippen LogP contribution in [0.3, 0.4) is 0 Å². The predicted molar refractivity (Wildman–Crippen MR) is 326 cm³/mol. The van der Waals surface area contributed by atoms with E-state index < -0.39 is 0 Å². The summed E-state index contributed by atoms with van der Waals surface area (Å²) in [6.45, 7) is 19.1. The van der Waals surface area contributed by atoms with Crippen LogP contribution < -0.4 is 15.7 Å².